The van der Waals surface area contributed by atoms with E-state index in [0.29, 0.717) is 11.6 Å². The highest BCUT2D eigenvalue weighted by Crippen LogP contribution is 2.17. The first kappa shape index (κ1) is 11.0. The highest BCUT2D eigenvalue weighted by atomic mass is 35.5. The molecular weight excluding hydrogens is 200 g/mol. The molecular formula is C11H11ClO2. The molecule has 1 aromatic carbocycles. The SMILES string of the molecule is C=CCOC(C=O)c1ccc(Cl)cc1. The van der Waals surface area contributed by atoms with Crippen LogP contribution in [0.15, 0.2) is 36.9 Å². The monoisotopic (exact) mass is 210 g/mol. The molecule has 1 unspecified atom stereocenters. The smallest absolute Gasteiger partial charge is 0.153 e. The van der Waals surface area contributed by atoms with Gasteiger partial charge in [0.05, 0.1) is 6.61 Å². The number of carbonyl (C=O) groups excluding carboxylic acids is 1. The van der Waals surface area contributed by atoms with Crippen LogP contribution in [0.4, 0.5) is 0 Å². The van der Waals surface area contributed by atoms with Crippen molar-refractivity contribution in [3.63, 3.8) is 0 Å². The number of hydrogen-bond donors (Lipinski definition) is 0. The molecule has 2 nitrogen and oxygen atoms in total. The van der Waals surface area contributed by atoms with E-state index in [2.05, 4.69) is 6.58 Å². The number of rotatable bonds is 5. The molecule has 1 atom stereocenters. The third kappa shape index (κ3) is 2.98. The molecule has 0 N–H and O–H groups in total. The number of benzene rings is 1. The molecule has 74 valence electrons. The number of hydrogen-bond acceptors (Lipinski definition) is 2. The average Bonchev–Trinajstić information content (AvgIpc) is 2.21. The van der Waals surface area contributed by atoms with E-state index in [1.165, 1.54) is 0 Å². The summed E-state index contributed by atoms with van der Waals surface area (Å²) in [6.45, 7) is 3.87. The molecule has 0 aromatic heterocycles. The fourth-order valence-corrected chi connectivity index (χ4v) is 1.16. The van der Waals surface area contributed by atoms with Gasteiger partial charge in [0.2, 0.25) is 0 Å². The summed E-state index contributed by atoms with van der Waals surface area (Å²) in [5.41, 5.74) is 0.797. The summed E-state index contributed by atoms with van der Waals surface area (Å²) >= 11 is 5.72. The quantitative estimate of drug-likeness (QED) is 0.552. The van der Waals surface area contributed by atoms with Gasteiger partial charge in [-0.2, -0.15) is 0 Å². The van der Waals surface area contributed by atoms with E-state index in [1.54, 1.807) is 30.3 Å². The van der Waals surface area contributed by atoms with Crippen molar-refractivity contribution in [2.24, 2.45) is 0 Å². The summed E-state index contributed by atoms with van der Waals surface area (Å²) in [6.07, 6.45) is 1.82. The van der Waals surface area contributed by atoms with Crippen molar-refractivity contribution in [1.29, 1.82) is 0 Å². The van der Waals surface area contributed by atoms with Gasteiger partial charge in [-0.25, -0.2) is 0 Å². The summed E-state index contributed by atoms with van der Waals surface area (Å²) in [5.74, 6) is 0. The summed E-state index contributed by atoms with van der Waals surface area (Å²) in [5, 5.41) is 0.641. The maximum absolute atomic E-state index is 10.7. The third-order valence-corrected chi connectivity index (χ3v) is 1.97. The molecule has 0 aliphatic rings. The van der Waals surface area contributed by atoms with Gasteiger partial charge in [-0.05, 0) is 17.7 Å². The van der Waals surface area contributed by atoms with E-state index >= 15 is 0 Å². The van der Waals surface area contributed by atoms with Gasteiger partial charge in [-0.15, -0.1) is 6.58 Å². The normalized spacial score (nSPS) is 12.1. The summed E-state index contributed by atoms with van der Waals surface area (Å²) in [6, 6.07) is 6.99. The van der Waals surface area contributed by atoms with E-state index in [1.807, 2.05) is 0 Å². The molecule has 0 heterocycles. The predicted molar refractivity (Wildman–Crippen MR) is 56.4 cm³/mol. The molecule has 0 radical (unpaired) electrons. The average molecular weight is 211 g/mol. The van der Waals surface area contributed by atoms with Crippen LogP contribution in [0.1, 0.15) is 11.7 Å². The topological polar surface area (TPSA) is 26.3 Å². The van der Waals surface area contributed by atoms with Gasteiger partial charge in [0.1, 0.15) is 6.10 Å². The molecule has 0 saturated heterocycles. The molecule has 0 bridgehead atoms. The van der Waals surface area contributed by atoms with Crippen molar-refractivity contribution < 1.29 is 9.53 Å². The Morgan fingerprint density at radius 1 is 1.43 bits per heavy atom. The highest BCUT2D eigenvalue weighted by Gasteiger charge is 2.09. The minimum Gasteiger partial charge on any atom is -0.362 e. The van der Waals surface area contributed by atoms with Crippen molar-refractivity contribution in [3.05, 3.63) is 47.5 Å². The fourth-order valence-electron chi connectivity index (χ4n) is 1.04. The molecule has 0 spiro atoms. The molecule has 1 rings (SSSR count). The molecule has 1 aromatic rings. The van der Waals surface area contributed by atoms with E-state index in [9.17, 15) is 4.79 Å². The largest absolute Gasteiger partial charge is 0.362 e. The second-order valence-corrected chi connectivity index (χ2v) is 3.17. The van der Waals surface area contributed by atoms with Gasteiger partial charge < -0.3 is 9.53 Å². The zero-order valence-corrected chi connectivity index (χ0v) is 8.41. The lowest BCUT2D eigenvalue weighted by molar-refractivity contribution is -0.117. The van der Waals surface area contributed by atoms with E-state index in [0.717, 1.165) is 11.8 Å². The fraction of sp³-hybridized carbons (Fsp3) is 0.182. The van der Waals surface area contributed by atoms with Crippen LogP contribution >= 0.6 is 11.6 Å². The number of aldehydes is 1. The Bertz CT molecular complexity index is 306. The molecule has 0 aliphatic carbocycles. The van der Waals surface area contributed by atoms with Crippen LogP contribution in [0.2, 0.25) is 5.02 Å². The molecule has 3 heteroatoms. The Morgan fingerprint density at radius 3 is 2.57 bits per heavy atom. The van der Waals surface area contributed by atoms with Crippen LogP contribution < -0.4 is 0 Å². The minimum atomic E-state index is -0.537. The van der Waals surface area contributed by atoms with Gasteiger partial charge in [-0.1, -0.05) is 29.8 Å². The molecule has 0 aliphatic heterocycles. The maximum Gasteiger partial charge on any atom is 0.153 e. The van der Waals surface area contributed by atoms with Crippen molar-refractivity contribution in [3.8, 4) is 0 Å². The summed E-state index contributed by atoms with van der Waals surface area (Å²) < 4.78 is 5.24. The predicted octanol–water partition coefficient (Wildman–Crippen LogP) is 2.78. The second kappa shape index (κ2) is 5.58. The van der Waals surface area contributed by atoms with Crippen LogP contribution in [0, 0.1) is 0 Å². The van der Waals surface area contributed by atoms with Gasteiger partial charge in [-0.3, -0.25) is 0 Å². The number of ether oxygens (including phenoxy) is 1. The van der Waals surface area contributed by atoms with E-state index in [4.69, 9.17) is 16.3 Å². The van der Waals surface area contributed by atoms with Crippen LogP contribution in [0.5, 0.6) is 0 Å². The van der Waals surface area contributed by atoms with E-state index in [-0.39, 0.29) is 0 Å². The first-order valence-corrected chi connectivity index (χ1v) is 4.59. The van der Waals surface area contributed by atoms with Gasteiger partial charge in [0, 0.05) is 5.02 Å². The van der Waals surface area contributed by atoms with Crippen LogP contribution in [0.25, 0.3) is 0 Å². The van der Waals surface area contributed by atoms with Crippen LogP contribution in [-0.2, 0) is 9.53 Å². The van der Waals surface area contributed by atoms with Crippen LogP contribution in [0.3, 0.4) is 0 Å². The molecule has 0 saturated carbocycles. The lowest BCUT2D eigenvalue weighted by Crippen LogP contribution is -2.05. The van der Waals surface area contributed by atoms with Gasteiger partial charge in [0.25, 0.3) is 0 Å². The lowest BCUT2D eigenvalue weighted by Gasteiger charge is -2.10. The summed E-state index contributed by atoms with van der Waals surface area (Å²) in [4.78, 5) is 10.7. The molecule has 14 heavy (non-hydrogen) atoms. The maximum atomic E-state index is 10.7. The van der Waals surface area contributed by atoms with Crippen molar-refractivity contribution in [1.82, 2.24) is 0 Å². The Morgan fingerprint density at radius 2 is 2.07 bits per heavy atom. The second-order valence-electron chi connectivity index (χ2n) is 2.73. The lowest BCUT2D eigenvalue weighted by atomic mass is 10.1. The van der Waals surface area contributed by atoms with Gasteiger partial charge in [0.15, 0.2) is 6.29 Å². The Labute approximate surface area is 88.1 Å². The molecule has 0 amide bonds. The third-order valence-electron chi connectivity index (χ3n) is 1.72. The number of halogens is 1. The Balaban J connectivity index is 2.73. The first-order valence-electron chi connectivity index (χ1n) is 4.21. The van der Waals surface area contributed by atoms with Crippen LogP contribution in [-0.4, -0.2) is 12.9 Å². The highest BCUT2D eigenvalue weighted by molar-refractivity contribution is 6.30. The van der Waals surface area contributed by atoms with Crippen molar-refractivity contribution >= 4 is 17.9 Å². The standard InChI is InChI=1S/C11H11ClO2/c1-2-7-14-11(8-13)9-3-5-10(12)6-4-9/h2-6,8,11H,1,7H2. The first-order chi connectivity index (χ1) is 6.77. The molecule has 0 fully saturated rings. The van der Waals surface area contributed by atoms with Crippen molar-refractivity contribution in [2.75, 3.05) is 6.61 Å². The zero-order valence-electron chi connectivity index (χ0n) is 7.65. The Hall–Kier alpha value is -1.12. The number of carbonyl (C=O) groups is 1. The van der Waals surface area contributed by atoms with Crippen molar-refractivity contribution in [2.45, 2.75) is 6.10 Å². The minimum absolute atomic E-state index is 0.353. The Kier molecular flexibility index (Phi) is 4.36. The van der Waals surface area contributed by atoms with E-state index < -0.39 is 6.10 Å². The summed E-state index contributed by atoms with van der Waals surface area (Å²) in [7, 11) is 0. The van der Waals surface area contributed by atoms with Gasteiger partial charge >= 0.3 is 0 Å². The zero-order chi connectivity index (χ0) is 10.4.